The molecule has 1 rings (SSSR count). The maximum atomic E-state index is 10.6. The molecule has 0 spiro atoms. The molecule has 3 nitrogen and oxygen atoms in total. The lowest BCUT2D eigenvalue weighted by atomic mass is 9.84. The van der Waals surface area contributed by atoms with E-state index >= 15 is 0 Å². The van der Waals surface area contributed by atoms with E-state index in [0.717, 1.165) is 17.6 Å². The van der Waals surface area contributed by atoms with Gasteiger partial charge in [-0.15, -0.1) is 0 Å². The van der Waals surface area contributed by atoms with Crippen LogP contribution < -0.4 is 5.32 Å². The van der Waals surface area contributed by atoms with E-state index in [2.05, 4.69) is 47.2 Å². The van der Waals surface area contributed by atoms with Gasteiger partial charge in [0.1, 0.15) is 0 Å². The van der Waals surface area contributed by atoms with Crippen molar-refractivity contribution >= 4 is 21.9 Å². The van der Waals surface area contributed by atoms with Crippen molar-refractivity contribution in [2.75, 3.05) is 13.1 Å². The predicted molar refractivity (Wildman–Crippen MR) is 81.5 cm³/mol. The van der Waals surface area contributed by atoms with Crippen LogP contribution in [0.2, 0.25) is 0 Å². The molecule has 0 amide bonds. The molecule has 0 fully saturated rings. The first-order valence-corrected chi connectivity index (χ1v) is 7.29. The Balaban J connectivity index is 2.46. The number of rotatable bonds is 7. The van der Waals surface area contributed by atoms with Crippen molar-refractivity contribution in [2.45, 2.75) is 32.6 Å². The van der Waals surface area contributed by atoms with Crippen LogP contribution in [0.1, 0.15) is 32.8 Å². The Morgan fingerprint density at radius 1 is 1.37 bits per heavy atom. The van der Waals surface area contributed by atoms with Crippen LogP contribution in [0.4, 0.5) is 0 Å². The third kappa shape index (κ3) is 5.74. The molecule has 1 aromatic carbocycles. The van der Waals surface area contributed by atoms with Crippen LogP contribution in [0.5, 0.6) is 0 Å². The highest BCUT2D eigenvalue weighted by Gasteiger charge is 2.20. The van der Waals surface area contributed by atoms with E-state index in [1.807, 2.05) is 19.1 Å². The number of nitrogens with one attached hydrogen (secondary N) is 1. The van der Waals surface area contributed by atoms with E-state index in [4.69, 9.17) is 5.11 Å². The minimum atomic E-state index is -0.735. The fourth-order valence-electron chi connectivity index (χ4n) is 2.00. The number of aliphatic carboxylic acids is 1. The van der Waals surface area contributed by atoms with Crippen molar-refractivity contribution in [3.8, 4) is 0 Å². The summed E-state index contributed by atoms with van der Waals surface area (Å²) in [5, 5.41) is 12.1. The van der Waals surface area contributed by atoms with Crippen LogP contribution in [0.3, 0.4) is 0 Å². The van der Waals surface area contributed by atoms with Crippen molar-refractivity contribution in [2.24, 2.45) is 5.92 Å². The van der Waals surface area contributed by atoms with Crippen LogP contribution in [-0.4, -0.2) is 24.2 Å². The van der Waals surface area contributed by atoms with Gasteiger partial charge >= 0.3 is 5.97 Å². The molecule has 4 heteroatoms. The normalized spacial score (nSPS) is 13.3. The highest BCUT2D eigenvalue weighted by atomic mass is 79.9. The second-order valence-corrected chi connectivity index (χ2v) is 6.64. The molecule has 0 aliphatic heterocycles. The fraction of sp³-hybridized carbons (Fsp3) is 0.533. The first-order valence-electron chi connectivity index (χ1n) is 6.50. The number of hydrogen-bond donors (Lipinski definition) is 2. The second-order valence-electron chi connectivity index (χ2n) is 5.72. The third-order valence-electron chi connectivity index (χ3n) is 3.21. The topological polar surface area (TPSA) is 49.3 Å². The van der Waals surface area contributed by atoms with Crippen molar-refractivity contribution in [1.82, 2.24) is 5.32 Å². The van der Waals surface area contributed by atoms with Crippen LogP contribution in [-0.2, 0) is 10.2 Å². The Labute approximate surface area is 123 Å². The number of benzene rings is 1. The summed E-state index contributed by atoms with van der Waals surface area (Å²) < 4.78 is 1.08. The number of halogens is 1. The lowest BCUT2D eigenvalue weighted by molar-refractivity contribution is -0.137. The summed E-state index contributed by atoms with van der Waals surface area (Å²) in [6.07, 6.45) is 0.214. The van der Waals surface area contributed by atoms with Crippen LogP contribution in [0, 0.1) is 5.92 Å². The zero-order valence-electron chi connectivity index (χ0n) is 11.7. The molecule has 2 N–H and O–H groups in total. The Hall–Kier alpha value is -0.870. The lowest BCUT2D eigenvalue weighted by Gasteiger charge is -2.26. The molecule has 0 saturated carbocycles. The van der Waals surface area contributed by atoms with Crippen LogP contribution >= 0.6 is 15.9 Å². The summed E-state index contributed by atoms with van der Waals surface area (Å²) in [5.41, 5.74) is 1.30. The van der Waals surface area contributed by atoms with Gasteiger partial charge in [-0.3, -0.25) is 4.79 Å². The minimum absolute atomic E-state index is 0.0314. The molecule has 0 radical (unpaired) electrons. The second kappa shape index (κ2) is 7.06. The zero-order chi connectivity index (χ0) is 14.5. The summed E-state index contributed by atoms with van der Waals surface area (Å²) in [6.45, 7) is 7.88. The Bertz CT molecular complexity index is 415. The van der Waals surface area contributed by atoms with Gasteiger partial charge in [-0.2, -0.15) is 0 Å². The van der Waals surface area contributed by atoms with Gasteiger partial charge in [0.05, 0.1) is 0 Å². The lowest BCUT2D eigenvalue weighted by Crippen LogP contribution is -2.35. The maximum absolute atomic E-state index is 10.6. The quantitative estimate of drug-likeness (QED) is 0.806. The smallest absolute Gasteiger partial charge is 0.303 e. The van der Waals surface area contributed by atoms with Crippen molar-refractivity contribution in [3.05, 3.63) is 34.3 Å². The number of hydrogen-bond acceptors (Lipinski definition) is 2. The van der Waals surface area contributed by atoms with E-state index < -0.39 is 5.97 Å². The molecule has 1 aromatic rings. The van der Waals surface area contributed by atoms with Crippen molar-refractivity contribution < 1.29 is 9.90 Å². The maximum Gasteiger partial charge on any atom is 0.303 e. The molecule has 19 heavy (non-hydrogen) atoms. The van der Waals surface area contributed by atoms with E-state index in [-0.39, 0.29) is 17.8 Å². The molecular formula is C15H22BrNO2. The summed E-state index contributed by atoms with van der Waals surface area (Å²) in [6, 6.07) is 8.33. The summed E-state index contributed by atoms with van der Waals surface area (Å²) >= 11 is 3.44. The molecule has 1 atom stereocenters. The van der Waals surface area contributed by atoms with Gasteiger partial charge < -0.3 is 10.4 Å². The molecule has 0 bridgehead atoms. The highest BCUT2D eigenvalue weighted by molar-refractivity contribution is 9.10. The predicted octanol–water partition coefficient (Wildman–Crippen LogP) is 3.43. The largest absolute Gasteiger partial charge is 0.481 e. The first kappa shape index (κ1) is 16.2. The van der Waals surface area contributed by atoms with E-state index in [1.165, 1.54) is 5.56 Å². The van der Waals surface area contributed by atoms with Gasteiger partial charge in [0.25, 0.3) is 0 Å². The highest BCUT2D eigenvalue weighted by Crippen LogP contribution is 2.24. The molecule has 0 aliphatic rings. The Morgan fingerprint density at radius 2 is 1.95 bits per heavy atom. The molecule has 0 aliphatic carbocycles. The summed E-state index contributed by atoms with van der Waals surface area (Å²) in [5.74, 6) is -0.584. The number of carboxylic acid groups (broad SMARTS) is 1. The van der Waals surface area contributed by atoms with E-state index in [0.29, 0.717) is 0 Å². The Morgan fingerprint density at radius 3 is 2.47 bits per heavy atom. The molecule has 0 heterocycles. The fourth-order valence-corrected chi connectivity index (χ4v) is 2.27. The monoisotopic (exact) mass is 327 g/mol. The van der Waals surface area contributed by atoms with Gasteiger partial charge in [0, 0.05) is 22.9 Å². The van der Waals surface area contributed by atoms with Gasteiger partial charge in [-0.05, 0) is 30.2 Å². The standard InChI is InChI=1S/C15H22BrNO2/c1-11(8-14(18)19)9-17-10-15(2,3)12-4-6-13(16)7-5-12/h4-7,11,17H,8-10H2,1-3H3,(H,18,19). The average Bonchev–Trinajstić information content (AvgIpc) is 2.28. The summed E-state index contributed by atoms with van der Waals surface area (Å²) in [7, 11) is 0. The third-order valence-corrected chi connectivity index (χ3v) is 3.74. The average molecular weight is 328 g/mol. The number of carboxylic acids is 1. The SMILES string of the molecule is CC(CNCC(C)(C)c1ccc(Br)cc1)CC(=O)O. The van der Waals surface area contributed by atoms with Gasteiger partial charge in [-0.1, -0.05) is 48.8 Å². The Kier molecular flexibility index (Phi) is 6.01. The minimum Gasteiger partial charge on any atom is -0.481 e. The van der Waals surface area contributed by atoms with Crippen LogP contribution in [0.15, 0.2) is 28.7 Å². The first-order chi connectivity index (χ1) is 8.81. The van der Waals surface area contributed by atoms with Crippen molar-refractivity contribution in [3.63, 3.8) is 0 Å². The zero-order valence-corrected chi connectivity index (χ0v) is 13.3. The van der Waals surface area contributed by atoms with E-state index in [9.17, 15) is 4.79 Å². The number of carbonyl (C=O) groups is 1. The van der Waals surface area contributed by atoms with Gasteiger partial charge in [0.15, 0.2) is 0 Å². The van der Waals surface area contributed by atoms with E-state index in [1.54, 1.807) is 0 Å². The molecule has 106 valence electrons. The van der Waals surface area contributed by atoms with Gasteiger partial charge in [0.2, 0.25) is 0 Å². The molecule has 0 saturated heterocycles. The van der Waals surface area contributed by atoms with Gasteiger partial charge in [-0.25, -0.2) is 0 Å². The molecular weight excluding hydrogens is 306 g/mol. The van der Waals surface area contributed by atoms with Crippen LogP contribution in [0.25, 0.3) is 0 Å². The molecule has 1 unspecified atom stereocenters. The molecule has 0 aromatic heterocycles. The van der Waals surface area contributed by atoms with Crippen molar-refractivity contribution in [1.29, 1.82) is 0 Å². The summed E-state index contributed by atoms with van der Waals surface area (Å²) in [4.78, 5) is 10.6.